The van der Waals surface area contributed by atoms with E-state index in [-0.39, 0.29) is 17.7 Å². The van der Waals surface area contributed by atoms with E-state index < -0.39 is 0 Å². The van der Waals surface area contributed by atoms with Crippen LogP contribution in [0.5, 0.6) is 0 Å². The standard InChI is InChI=1S/C21H26N4O2S/c1-12-8-13(2)19(14(3)9-12)23-18(26)11-25-7-6-16-17(10-25)28-21(22-16)24-20(27)15-4-5-15/h8-9,15H,4-7,10-11H2,1-3H3,(H,23,26)(H,22,24,27). The van der Waals surface area contributed by atoms with Gasteiger partial charge in [-0.2, -0.15) is 0 Å². The van der Waals surface area contributed by atoms with Crippen molar-refractivity contribution in [1.29, 1.82) is 0 Å². The van der Waals surface area contributed by atoms with E-state index in [1.165, 1.54) is 16.9 Å². The second kappa shape index (κ2) is 7.64. The minimum atomic E-state index is 0.00489. The Morgan fingerprint density at radius 2 is 1.89 bits per heavy atom. The molecular weight excluding hydrogens is 372 g/mol. The quantitative estimate of drug-likeness (QED) is 0.809. The molecule has 0 saturated heterocycles. The number of thiazole rings is 1. The van der Waals surface area contributed by atoms with Crippen molar-refractivity contribution < 1.29 is 9.59 Å². The number of anilines is 2. The van der Waals surface area contributed by atoms with Crippen LogP contribution in [0.3, 0.4) is 0 Å². The number of nitrogens with one attached hydrogen (secondary N) is 2. The Balaban J connectivity index is 1.36. The number of carbonyl (C=O) groups is 2. The molecule has 6 nitrogen and oxygen atoms in total. The number of hydrogen-bond donors (Lipinski definition) is 2. The van der Waals surface area contributed by atoms with E-state index in [0.717, 1.165) is 53.2 Å². The Labute approximate surface area is 169 Å². The van der Waals surface area contributed by atoms with Gasteiger partial charge in [0.15, 0.2) is 5.13 Å². The van der Waals surface area contributed by atoms with Gasteiger partial charge in [-0.25, -0.2) is 4.98 Å². The topological polar surface area (TPSA) is 74.3 Å². The smallest absolute Gasteiger partial charge is 0.238 e. The average molecular weight is 399 g/mol. The second-order valence-corrected chi connectivity index (χ2v) is 9.02. The number of rotatable bonds is 5. The maximum atomic E-state index is 12.6. The minimum Gasteiger partial charge on any atom is -0.324 e. The molecule has 1 aromatic carbocycles. The highest BCUT2D eigenvalue weighted by atomic mass is 32.1. The van der Waals surface area contributed by atoms with Gasteiger partial charge in [-0.15, -0.1) is 11.3 Å². The first-order valence-electron chi connectivity index (χ1n) is 9.78. The van der Waals surface area contributed by atoms with E-state index in [1.807, 2.05) is 13.8 Å². The van der Waals surface area contributed by atoms with Crippen LogP contribution in [0.15, 0.2) is 12.1 Å². The van der Waals surface area contributed by atoms with Crippen LogP contribution >= 0.6 is 11.3 Å². The monoisotopic (exact) mass is 398 g/mol. The lowest BCUT2D eigenvalue weighted by molar-refractivity contribution is -0.118. The summed E-state index contributed by atoms with van der Waals surface area (Å²) in [5, 5.41) is 6.71. The van der Waals surface area contributed by atoms with Crippen LogP contribution in [0.1, 0.15) is 40.1 Å². The van der Waals surface area contributed by atoms with Gasteiger partial charge in [0.05, 0.1) is 12.2 Å². The van der Waals surface area contributed by atoms with Crippen molar-refractivity contribution in [2.24, 2.45) is 5.92 Å². The summed E-state index contributed by atoms with van der Waals surface area (Å²) < 4.78 is 0. The van der Waals surface area contributed by atoms with E-state index in [1.54, 1.807) is 0 Å². The number of benzene rings is 1. The molecule has 2 aliphatic rings. The Morgan fingerprint density at radius 3 is 2.57 bits per heavy atom. The van der Waals surface area contributed by atoms with Crippen molar-refractivity contribution >= 4 is 34.0 Å². The molecule has 0 atom stereocenters. The highest BCUT2D eigenvalue weighted by Crippen LogP contribution is 2.33. The van der Waals surface area contributed by atoms with Gasteiger partial charge in [0.2, 0.25) is 11.8 Å². The highest BCUT2D eigenvalue weighted by molar-refractivity contribution is 7.15. The summed E-state index contributed by atoms with van der Waals surface area (Å²) in [4.78, 5) is 32.4. The summed E-state index contributed by atoms with van der Waals surface area (Å²) in [7, 11) is 0. The predicted molar refractivity (Wildman–Crippen MR) is 112 cm³/mol. The molecule has 1 aliphatic heterocycles. The van der Waals surface area contributed by atoms with Crippen LogP contribution in [0, 0.1) is 26.7 Å². The third kappa shape index (κ3) is 4.25. The van der Waals surface area contributed by atoms with Crippen LogP contribution in [0.25, 0.3) is 0 Å². The van der Waals surface area contributed by atoms with Gasteiger partial charge in [0, 0.05) is 36.0 Å². The molecule has 2 aromatic rings. The molecule has 7 heteroatoms. The van der Waals surface area contributed by atoms with Gasteiger partial charge in [-0.3, -0.25) is 14.5 Å². The van der Waals surface area contributed by atoms with Crippen LogP contribution in [-0.2, 0) is 22.6 Å². The predicted octanol–water partition coefficient (Wildman–Crippen LogP) is 3.41. The van der Waals surface area contributed by atoms with Crippen molar-refractivity contribution in [3.8, 4) is 0 Å². The Hall–Kier alpha value is -2.25. The van der Waals surface area contributed by atoms with Crippen molar-refractivity contribution in [1.82, 2.24) is 9.88 Å². The normalized spacial score (nSPS) is 16.5. The zero-order chi connectivity index (χ0) is 19.8. The fraction of sp³-hybridized carbons (Fsp3) is 0.476. The number of aromatic nitrogens is 1. The number of fused-ring (bicyclic) bond motifs is 1. The maximum absolute atomic E-state index is 12.6. The average Bonchev–Trinajstić information content (AvgIpc) is 3.39. The summed E-state index contributed by atoms with van der Waals surface area (Å²) in [6.45, 7) is 7.97. The Kier molecular flexibility index (Phi) is 5.21. The molecule has 2 heterocycles. The fourth-order valence-electron chi connectivity index (χ4n) is 3.75. The molecule has 0 bridgehead atoms. The molecular formula is C21H26N4O2S. The molecule has 2 amide bonds. The molecule has 1 aromatic heterocycles. The first-order chi connectivity index (χ1) is 13.4. The summed E-state index contributed by atoms with van der Waals surface area (Å²) in [5.74, 6) is 0.270. The lowest BCUT2D eigenvalue weighted by atomic mass is 10.1. The number of carbonyl (C=O) groups excluding carboxylic acids is 2. The van der Waals surface area contributed by atoms with Crippen molar-refractivity contribution in [3.63, 3.8) is 0 Å². The first kappa shape index (κ1) is 19.1. The number of amides is 2. The third-order valence-electron chi connectivity index (χ3n) is 5.30. The van der Waals surface area contributed by atoms with Crippen molar-refractivity contribution in [3.05, 3.63) is 39.4 Å². The molecule has 1 saturated carbocycles. The molecule has 2 N–H and O–H groups in total. The minimum absolute atomic E-state index is 0.00489. The van der Waals surface area contributed by atoms with Gasteiger partial charge in [-0.1, -0.05) is 17.7 Å². The van der Waals surface area contributed by atoms with Crippen molar-refractivity contribution in [2.45, 2.75) is 46.6 Å². The van der Waals surface area contributed by atoms with Crippen LogP contribution in [-0.4, -0.2) is 34.8 Å². The van der Waals surface area contributed by atoms with E-state index >= 15 is 0 Å². The molecule has 0 radical (unpaired) electrons. The molecule has 1 aliphatic carbocycles. The van der Waals surface area contributed by atoms with E-state index in [0.29, 0.717) is 18.2 Å². The largest absolute Gasteiger partial charge is 0.324 e. The van der Waals surface area contributed by atoms with Gasteiger partial charge in [0.1, 0.15) is 0 Å². The molecule has 28 heavy (non-hydrogen) atoms. The third-order valence-corrected chi connectivity index (χ3v) is 6.30. The van der Waals surface area contributed by atoms with E-state index in [4.69, 9.17) is 0 Å². The lowest BCUT2D eigenvalue weighted by Gasteiger charge is -2.25. The van der Waals surface area contributed by atoms with E-state index in [2.05, 4.69) is 39.6 Å². The Morgan fingerprint density at radius 1 is 1.18 bits per heavy atom. The molecule has 4 rings (SSSR count). The van der Waals surface area contributed by atoms with Crippen LogP contribution in [0.2, 0.25) is 0 Å². The van der Waals surface area contributed by atoms with Crippen LogP contribution in [0.4, 0.5) is 10.8 Å². The van der Waals surface area contributed by atoms with Crippen molar-refractivity contribution in [2.75, 3.05) is 23.7 Å². The first-order valence-corrected chi connectivity index (χ1v) is 10.6. The summed E-state index contributed by atoms with van der Waals surface area (Å²) in [5.41, 5.74) is 5.34. The molecule has 0 spiro atoms. The Bertz CT molecular complexity index is 909. The molecule has 0 unspecified atom stereocenters. The van der Waals surface area contributed by atoms with Gasteiger partial charge in [-0.05, 0) is 44.7 Å². The number of aryl methyl sites for hydroxylation is 3. The number of hydrogen-bond acceptors (Lipinski definition) is 5. The summed E-state index contributed by atoms with van der Waals surface area (Å²) >= 11 is 1.53. The lowest BCUT2D eigenvalue weighted by Crippen LogP contribution is -2.36. The second-order valence-electron chi connectivity index (χ2n) is 7.93. The SMILES string of the molecule is Cc1cc(C)c(NC(=O)CN2CCc3nc(NC(=O)C4CC4)sc3C2)c(C)c1. The number of nitrogens with zero attached hydrogens (tertiary/aromatic N) is 2. The van der Waals surface area contributed by atoms with Gasteiger partial charge < -0.3 is 10.6 Å². The highest BCUT2D eigenvalue weighted by Gasteiger charge is 2.31. The zero-order valence-electron chi connectivity index (χ0n) is 16.6. The fourth-order valence-corrected chi connectivity index (χ4v) is 4.80. The zero-order valence-corrected chi connectivity index (χ0v) is 17.4. The van der Waals surface area contributed by atoms with Gasteiger partial charge in [0.25, 0.3) is 0 Å². The molecule has 148 valence electrons. The van der Waals surface area contributed by atoms with Crippen LogP contribution < -0.4 is 10.6 Å². The maximum Gasteiger partial charge on any atom is 0.238 e. The summed E-state index contributed by atoms with van der Waals surface area (Å²) in [6, 6.07) is 4.18. The summed E-state index contributed by atoms with van der Waals surface area (Å²) in [6.07, 6.45) is 2.78. The molecule has 1 fully saturated rings. The van der Waals surface area contributed by atoms with Gasteiger partial charge >= 0.3 is 0 Å². The van der Waals surface area contributed by atoms with E-state index in [9.17, 15) is 9.59 Å².